The number of aliphatic hydroxyl groups excluding tert-OH is 1. The van der Waals surface area contributed by atoms with Crippen LogP contribution in [0.15, 0.2) is 77.0 Å². The largest absolute Gasteiger partial charge is 0.492 e. The summed E-state index contributed by atoms with van der Waals surface area (Å²) in [5.74, 6) is 0.455. The summed E-state index contributed by atoms with van der Waals surface area (Å²) in [6, 6.07) is 19.2. The second-order valence-electron chi connectivity index (χ2n) is 8.74. The highest BCUT2D eigenvalue weighted by molar-refractivity contribution is 6.33. The number of azo groups is 1. The molecule has 218 valence electrons. The van der Waals surface area contributed by atoms with Crippen LogP contribution in [-0.2, 0) is 20.7 Å². The predicted octanol–water partition coefficient (Wildman–Crippen LogP) is 6.05. The number of halogens is 1. The molecular weight excluding hydrogens is 552 g/mol. The fraction of sp³-hybridized carbons (Fsp3) is 0.345. The summed E-state index contributed by atoms with van der Waals surface area (Å²) in [7, 11) is 0. The van der Waals surface area contributed by atoms with Gasteiger partial charge in [0.1, 0.15) is 24.7 Å². The van der Waals surface area contributed by atoms with Gasteiger partial charge < -0.3 is 24.2 Å². The van der Waals surface area contributed by atoms with Gasteiger partial charge in [-0.2, -0.15) is 5.11 Å². The number of rotatable bonds is 17. The zero-order valence-electron chi connectivity index (χ0n) is 22.8. The molecule has 0 aliphatic heterocycles. The summed E-state index contributed by atoms with van der Waals surface area (Å²) in [5, 5.41) is 27.9. The number of aryl methyl sites for hydroxylation is 1. The Morgan fingerprint density at radius 3 is 2.41 bits per heavy atom. The summed E-state index contributed by atoms with van der Waals surface area (Å²) in [5.41, 5.74) is 2.88. The Kier molecular flexibility index (Phi) is 13.0. The zero-order valence-corrected chi connectivity index (χ0v) is 23.5. The van der Waals surface area contributed by atoms with Crippen molar-refractivity contribution in [2.45, 2.75) is 19.8 Å². The third-order valence-electron chi connectivity index (χ3n) is 5.91. The van der Waals surface area contributed by atoms with Crippen molar-refractivity contribution in [2.24, 2.45) is 10.2 Å². The number of anilines is 1. The van der Waals surface area contributed by atoms with Crippen LogP contribution in [0.3, 0.4) is 0 Å². The van der Waals surface area contributed by atoms with Crippen molar-refractivity contribution in [3.05, 3.63) is 87.4 Å². The molecule has 0 saturated heterocycles. The van der Waals surface area contributed by atoms with Gasteiger partial charge in [-0.25, -0.2) is 0 Å². The van der Waals surface area contributed by atoms with Gasteiger partial charge in [0.15, 0.2) is 0 Å². The molecule has 0 aliphatic rings. The van der Waals surface area contributed by atoms with Gasteiger partial charge in [-0.05, 0) is 61.4 Å². The number of nitro benzene ring substituents is 1. The van der Waals surface area contributed by atoms with E-state index in [4.69, 9.17) is 30.9 Å². The number of carbonyl (C=O) groups is 1. The number of ether oxygens (including phenoxy) is 3. The summed E-state index contributed by atoms with van der Waals surface area (Å²) in [6.07, 6.45) is 0.841. The lowest BCUT2D eigenvalue weighted by Crippen LogP contribution is -2.27. The van der Waals surface area contributed by atoms with E-state index in [1.54, 1.807) is 0 Å². The van der Waals surface area contributed by atoms with Crippen molar-refractivity contribution < 1.29 is 29.0 Å². The molecule has 0 aromatic heterocycles. The van der Waals surface area contributed by atoms with Gasteiger partial charge in [-0.15, -0.1) is 5.11 Å². The minimum absolute atomic E-state index is 0.0560. The lowest BCUT2D eigenvalue weighted by molar-refractivity contribution is -0.384. The molecule has 0 atom stereocenters. The van der Waals surface area contributed by atoms with E-state index in [9.17, 15) is 14.9 Å². The van der Waals surface area contributed by atoms with Crippen LogP contribution in [0.4, 0.5) is 22.7 Å². The highest BCUT2D eigenvalue weighted by atomic mass is 35.5. The first-order valence-electron chi connectivity index (χ1n) is 13.2. The van der Waals surface area contributed by atoms with E-state index in [0.717, 1.165) is 23.5 Å². The number of nitrogens with zero attached hydrogens (tertiary/aromatic N) is 4. The fourth-order valence-electron chi connectivity index (χ4n) is 3.73. The van der Waals surface area contributed by atoms with Crippen LogP contribution in [0.5, 0.6) is 5.75 Å². The van der Waals surface area contributed by atoms with Crippen LogP contribution in [0.25, 0.3) is 0 Å². The van der Waals surface area contributed by atoms with Crippen molar-refractivity contribution >= 4 is 40.3 Å². The van der Waals surface area contributed by atoms with Crippen molar-refractivity contribution in [1.82, 2.24) is 0 Å². The lowest BCUT2D eigenvalue weighted by atomic mass is 10.1. The van der Waals surface area contributed by atoms with Crippen LogP contribution in [0, 0.1) is 10.1 Å². The van der Waals surface area contributed by atoms with E-state index in [0.29, 0.717) is 30.9 Å². The SMILES string of the molecule is CCN(CCOc1ccc(CCC(=O)OCCOCCO)cc1)c1ccc(N=Nc2ccc([N+](=O)[O-])cc2Cl)cc1. The van der Waals surface area contributed by atoms with E-state index in [1.165, 1.54) is 18.2 Å². The van der Waals surface area contributed by atoms with E-state index < -0.39 is 4.92 Å². The lowest BCUT2D eigenvalue weighted by Gasteiger charge is -2.23. The normalized spacial score (nSPS) is 11.0. The van der Waals surface area contributed by atoms with Gasteiger partial charge in [0.05, 0.1) is 42.0 Å². The van der Waals surface area contributed by atoms with Gasteiger partial charge in [-0.1, -0.05) is 23.7 Å². The Morgan fingerprint density at radius 2 is 1.76 bits per heavy atom. The highest BCUT2D eigenvalue weighted by Crippen LogP contribution is 2.30. The molecule has 0 bridgehead atoms. The quantitative estimate of drug-likeness (QED) is 0.0665. The molecule has 0 aliphatic carbocycles. The Morgan fingerprint density at radius 1 is 1.00 bits per heavy atom. The van der Waals surface area contributed by atoms with Crippen molar-refractivity contribution in [2.75, 3.05) is 51.0 Å². The van der Waals surface area contributed by atoms with Crippen LogP contribution in [0.1, 0.15) is 18.9 Å². The fourth-order valence-corrected chi connectivity index (χ4v) is 3.94. The maximum atomic E-state index is 11.8. The number of esters is 1. The standard InChI is InChI=1S/C29H33ClN4O7/c1-2-33(24-8-6-23(7-9-24)31-32-28-13-10-25(34(37)38)21-27(28)30)15-17-40-26-11-3-22(4-12-26)5-14-29(36)41-20-19-39-18-16-35/h3-4,6-13,21,35H,2,5,14-20H2,1H3. The molecule has 0 amide bonds. The number of non-ortho nitro benzene ring substituents is 1. The van der Waals surface area contributed by atoms with E-state index in [2.05, 4.69) is 22.1 Å². The Hall–Kier alpha value is -4.06. The molecule has 0 fully saturated rings. The topological polar surface area (TPSA) is 136 Å². The minimum atomic E-state index is -0.516. The second-order valence-corrected chi connectivity index (χ2v) is 9.14. The molecule has 0 spiro atoms. The summed E-state index contributed by atoms with van der Waals surface area (Å²) in [4.78, 5) is 24.3. The summed E-state index contributed by atoms with van der Waals surface area (Å²) in [6.45, 7) is 4.62. The number of aliphatic hydroxyl groups is 1. The third-order valence-corrected chi connectivity index (χ3v) is 6.21. The highest BCUT2D eigenvalue weighted by Gasteiger charge is 2.10. The van der Waals surface area contributed by atoms with Gasteiger partial charge in [0.2, 0.25) is 0 Å². The van der Waals surface area contributed by atoms with Gasteiger partial charge in [0.25, 0.3) is 5.69 Å². The van der Waals surface area contributed by atoms with Crippen molar-refractivity contribution in [3.8, 4) is 5.75 Å². The van der Waals surface area contributed by atoms with E-state index in [-0.39, 0.29) is 49.5 Å². The average molecular weight is 585 g/mol. The zero-order chi connectivity index (χ0) is 29.5. The number of carbonyl (C=O) groups excluding carboxylic acids is 1. The third kappa shape index (κ3) is 10.8. The molecule has 3 aromatic carbocycles. The molecule has 0 heterocycles. The number of nitro groups is 1. The first kappa shape index (κ1) is 31.5. The summed E-state index contributed by atoms with van der Waals surface area (Å²) < 4.78 is 16.1. The van der Waals surface area contributed by atoms with E-state index in [1.807, 2.05) is 48.5 Å². The first-order chi connectivity index (χ1) is 19.9. The van der Waals surface area contributed by atoms with Crippen molar-refractivity contribution in [1.29, 1.82) is 0 Å². The van der Waals surface area contributed by atoms with Crippen LogP contribution in [-0.4, -0.2) is 62.1 Å². The second kappa shape index (κ2) is 16.9. The van der Waals surface area contributed by atoms with Gasteiger partial charge in [-0.3, -0.25) is 14.9 Å². The molecule has 1 N–H and O–H groups in total. The number of hydrogen-bond acceptors (Lipinski definition) is 10. The smallest absolute Gasteiger partial charge is 0.306 e. The van der Waals surface area contributed by atoms with Crippen LogP contribution in [0.2, 0.25) is 5.02 Å². The number of hydrogen-bond donors (Lipinski definition) is 1. The monoisotopic (exact) mass is 584 g/mol. The molecule has 3 rings (SSSR count). The number of likely N-dealkylation sites (N-methyl/N-ethyl adjacent to an activating group) is 1. The molecule has 0 radical (unpaired) electrons. The summed E-state index contributed by atoms with van der Waals surface area (Å²) >= 11 is 6.08. The predicted molar refractivity (Wildman–Crippen MR) is 156 cm³/mol. The maximum Gasteiger partial charge on any atom is 0.306 e. The van der Waals surface area contributed by atoms with Crippen molar-refractivity contribution in [3.63, 3.8) is 0 Å². The Bertz CT molecular complexity index is 1290. The van der Waals surface area contributed by atoms with Gasteiger partial charge >= 0.3 is 5.97 Å². The maximum absolute atomic E-state index is 11.8. The first-order valence-corrected chi connectivity index (χ1v) is 13.5. The molecule has 0 saturated carbocycles. The molecule has 3 aromatic rings. The van der Waals surface area contributed by atoms with E-state index >= 15 is 0 Å². The average Bonchev–Trinajstić information content (AvgIpc) is 2.98. The van der Waals surface area contributed by atoms with Crippen LogP contribution >= 0.6 is 11.6 Å². The molecule has 41 heavy (non-hydrogen) atoms. The molecule has 12 heteroatoms. The molecule has 11 nitrogen and oxygen atoms in total. The molecular formula is C29H33ClN4O7. The Labute approximate surface area is 243 Å². The number of benzene rings is 3. The van der Waals surface area contributed by atoms with Gasteiger partial charge in [0, 0.05) is 30.8 Å². The van der Waals surface area contributed by atoms with Crippen LogP contribution < -0.4 is 9.64 Å². The molecule has 0 unspecified atom stereocenters. The Balaban J connectivity index is 1.42. The minimum Gasteiger partial charge on any atom is -0.492 e.